The second-order valence-electron chi connectivity index (χ2n) is 8.15. The molecule has 0 spiro atoms. The van der Waals surface area contributed by atoms with Gasteiger partial charge in [-0.25, -0.2) is 4.98 Å². The van der Waals surface area contributed by atoms with Gasteiger partial charge in [0.25, 0.3) is 0 Å². The van der Waals surface area contributed by atoms with Crippen LogP contribution in [0, 0.1) is 0 Å². The number of carbonyl (C=O) groups excluding carboxylic acids is 2. The summed E-state index contributed by atoms with van der Waals surface area (Å²) in [5.74, 6) is 1.24. The number of para-hydroxylation sites is 2. The van der Waals surface area contributed by atoms with E-state index < -0.39 is 0 Å². The van der Waals surface area contributed by atoms with Crippen LogP contribution in [0.5, 0.6) is 0 Å². The molecule has 0 radical (unpaired) electrons. The number of aromatic nitrogens is 2. The summed E-state index contributed by atoms with van der Waals surface area (Å²) in [6.07, 6.45) is 4.20. The molecule has 4 rings (SSSR count). The molecule has 2 saturated heterocycles. The van der Waals surface area contributed by atoms with E-state index >= 15 is 0 Å². The number of likely N-dealkylation sites (tertiary alicyclic amines) is 1. The van der Waals surface area contributed by atoms with E-state index in [9.17, 15) is 9.59 Å². The van der Waals surface area contributed by atoms with E-state index in [0.29, 0.717) is 19.5 Å². The van der Waals surface area contributed by atoms with E-state index in [1.54, 1.807) is 0 Å². The maximum atomic E-state index is 13.1. The number of amides is 2. The molecule has 7 nitrogen and oxygen atoms in total. The Labute approximate surface area is 172 Å². The lowest BCUT2D eigenvalue weighted by molar-refractivity contribution is -0.148. The molecule has 29 heavy (non-hydrogen) atoms. The van der Waals surface area contributed by atoms with Crippen molar-refractivity contribution < 1.29 is 9.59 Å². The van der Waals surface area contributed by atoms with Crippen molar-refractivity contribution in [3.8, 4) is 0 Å². The summed E-state index contributed by atoms with van der Waals surface area (Å²) < 4.78 is 0. The van der Waals surface area contributed by atoms with Gasteiger partial charge in [0.2, 0.25) is 11.8 Å². The van der Waals surface area contributed by atoms with E-state index in [2.05, 4.69) is 14.9 Å². The van der Waals surface area contributed by atoms with Gasteiger partial charge in [-0.05, 0) is 37.8 Å². The number of nitrogens with zero attached hydrogens (tertiary/aromatic N) is 4. The van der Waals surface area contributed by atoms with Gasteiger partial charge in [0.05, 0.1) is 17.6 Å². The molecule has 1 unspecified atom stereocenters. The molecule has 2 aliphatic rings. The highest BCUT2D eigenvalue weighted by molar-refractivity contribution is 5.88. The molecule has 156 valence electrons. The average molecular weight is 398 g/mol. The van der Waals surface area contributed by atoms with Gasteiger partial charge in [-0.15, -0.1) is 0 Å². The van der Waals surface area contributed by atoms with Gasteiger partial charge in [0, 0.05) is 39.1 Å². The summed E-state index contributed by atoms with van der Waals surface area (Å²) in [6.45, 7) is 6.59. The van der Waals surface area contributed by atoms with E-state index in [0.717, 1.165) is 68.7 Å². The molecular weight excluding hydrogens is 366 g/mol. The van der Waals surface area contributed by atoms with Crippen molar-refractivity contribution in [1.29, 1.82) is 0 Å². The van der Waals surface area contributed by atoms with Gasteiger partial charge in [-0.2, -0.15) is 0 Å². The van der Waals surface area contributed by atoms with Gasteiger partial charge in [-0.3, -0.25) is 14.5 Å². The number of aromatic amines is 1. The van der Waals surface area contributed by atoms with Crippen LogP contribution in [-0.4, -0.2) is 75.2 Å². The molecule has 1 aromatic heterocycles. The van der Waals surface area contributed by atoms with Gasteiger partial charge in [-0.1, -0.05) is 19.1 Å². The fraction of sp³-hybridized carbons (Fsp3) is 0.591. The van der Waals surface area contributed by atoms with Gasteiger partial charge >= 0.3 is 0 Å². The predicted octanol–water partition coefficient (Wildman–Crippen LogP) is 2.39. The van der Waals surface area contributed by atoms with Crippen LogP contribution in [0.3, 0.4) is 0 Å². The topological polar surface area (TPSA) is 72.5 Å². The van der Waals surface area contributed by atoms with Crippen LogP contribution in [0.15, 0.2) is 24.3 Å². The summed E-state index contributed by atoms with van der Waals surface area (Å²) in [6, 6.07) is 7.80. The number of hydrogen-bond acceptors (Lipinski definition) is 4. The van der Waals surface area contributed by atoms with E-state index in [1.807, 2.05) is 41.0 Å². The highest BCUT2D eigenvalue weighted by atomic mass is 16.2. The Kier molecular flexibility index (Phi) is 6.13. The fourth-order valence-electron chi connectivity index (χ4n) is 4.47. The Hall–Kier alpha value is -2.41. The van der Waals surface area contributed by atoms with Crippen LogP contribution in [0.4, 0.5) is 0 Å². The third-order valence-corrected chi connectivity index (χ3v) is 6.07. The number of rotatable bonds is 5. The minimum atomic E-state index is -0.260. The fourth-order valence-corrected chi connectivity index (χ4v) is 4.47. The SMILES string of the molecule is CCCC(=O)N1CCCCC1C(=O)N1CCN(Cc2nc3ccccc3[nH]2)CC1. The molecule has 7 heteroatoms. The molecule has 2 amide bonds. The Morgan fingerprint density at radius 2 is 1.90 bits per heavy atom. The molecule has 0 bridgehead atoms. The second-order valence-corrected chi connectivity index (χ2v) is 8.15. The van der Waals surface area contributed by atoms with Crippen molar-refractivity contribution in [2.75, 3.05) is 32.7 Å². The second kappa shape index (κ2) is 8.95. The van der Waals surface area contributed by atoms with Gasteiger partial charge in [0.1, 0.15) is 11.9 Å². The number of H-pyrrole nitrogens is 1. The van der Waals surface area contributed by atoms with Gasteiger partial charge in [0.15, 0.2) is 0 Å². The Bertz CT molecular complexity index is 823. The van der Waals surface area contributed by atoms with Gasteiger partial charge < -0.3 is 14.8 Å². The summed E-state index contributed by atoms with van der Waals surface area (Å²) >= 11 is 0. The number of hydrogen-bond donors (Lipinski definition) is 1. The molecule has 2 aromatic rings. The lowest BCUT2D eigenvalue weighted by Gasteiger charge is -2.40. The highest BCUT2D eigenvalue weighted by Crippen LogP contribution is 2.21. The zero-order chi connectivity index (χ0) is 20.2. The molecule has 0 aliphatic carbocycles. The van der Waals surface area contributed by atoms with Crippen molar-refractivity contribution in [3.63, 3.8) is 0 Å². The third kappa shape index (κ3) is 4.45. The molecular formula is C22H31N5O2. The van der Waals surface area contributed by atoms with E-state index in [4.69, 9.17) is 0 Å². The first-order chi connectivity index (χ1) is 14.2. The maximum Gasteiger partial charge on any atom is 0.245 e. The van der Waals surface area contributed by atoms with E-state index in [-0.39, 0.29) is 17.9 Å². The number of carbonyl (C=O) groups is 2. The summed E-state index contributed by atoms with van der Waals surface area (Å²) in [5.41, 5.74) is 2.05. The number of piperidine rings is 1. The summed E-state index contributed by atoms with van der Waals surface area (Å²) in [7, 11) is 0. The minimum absolute atomic E-state index is 0.133. The molecule has 2 fully saturated rings. The zero-order valence-corrected chi connectivity index (χ0v) is 17.3. The van der Waals surface area contributed by atoms with Crippen molar-refractivity contribution in [2.45, 2.75) is 51.6 Å². The van der Waals surface area contributed by atoms with Crippen molar-refractivity contribution >= 4 is 22.8 Å². The predicted molar refractivity (Wildman–Crippen MR) is 112 cm³/mol. The highest BCUT2D eigenvalue weighted by Gasteiger charge is 2.35. The smallest absolute Gasteiger partial charge is 0.245 e. The van der Waals surface area contributed by atoms with Crippen LogP contribution in [-0.2, 0) is 16.1 Å². The number of fused-ring (bicyclic) bond motifs is 1. The number of piperazine rings is 1. The first kappa shape index (κ1) is 19.9. The maximum absolute atomic E-state index is 13.1. The monoisotopic (exact) mass is 397 g/mol. The summed E-state index contributed by atoms with van der Waals surface area (Å²) in [5, 5.41) is 0. The number of imidazole rings is 1. The Morgan fingerprint density at radius 3 is 2.66 bits per heavy atom. The average Bonchev–Trinajstić information content (AvgIpc) is 3.16. The van der Waals surface area contributed by atoms with Crippen molar-refractivity contribution in [2.24, 2.45) is 0 Å². The summed E-state index contributed by atoms with van der Waals surface area (Å²) in [4.78, 5) is 39.8. The first-order valence-corrected chi connectivity index (χ1v) is 10.9. The van der Waals surface area contributed by atoms with Crippen LogP contribution in [0.2, 0.25) is 0 Å². The quantitative estimate of drug-likeness (QED) is 0.841. The molecule has 2 aliphatic heterocycles. The Morgan fingerprint density at radius 1 is 1.10 bits per heavy atom. The minimum Gasteiger partial charge on any atom is -0.341 e. The number of benzene rings is 1. The molecule has 1 aromatic carbocycles. The van der Waals surface area contributed by atoms with Crippen LogP contribution >= 0.6 is 0 Å². The molecule has 1 atom stereocenters. The van der Waals surface area contributed by atoms with Crippen molar-refractivity contribution in [1.82, 2.24) is 24.7 Å². The van der Waals surface area contributed by atoms with Crippen molar-refractivity contribution in [3.05, 3.63) is 30.1 Å². The number of nitrogens with one attached hydrogen (secondary N) is 1. The first-order valence-electron chi connectivity index (χ1n) is 10.9. The van der Waals surface area contributed by atoms with Crippen LogP contribution in [0.1, 0.15) is 44.9 Å². The third-order valence-electron chi connectivity index (χ3n) is 6.07. The molecule has 0 saturated carbocycles. The normalized spacial score (nSPS) is 20.9. The lowest BCUT2D eigenvalue weighted by atomic mass is 9.99. The zero-order valence-electron chi connectivity index (χ0n) is 17.3. The lowest BCUT2D eigenvalue weighted by Crippen LogP contribution is -2.57. The standard InChI is InChI=1S/C22H31N5O2/c1-2-7-21(28)27-11-6-5-10-19(27)22(29)26-14-12-25(13-15-26)16-20-23-17-8-3-4-9-18(17)24-20/h3-4,8-9,19H,2,5-7,10-16H2,1H3,(H,23,24). The van der Waals surface area contributed by atoms with E-state index in [1.165, 1.54) is 0 Å². The molecule has 1 N–H and O–H groups in total. The Balaban J connectivity index is 1.33. The van der Waals surface area contributed by atoms with Crippen LogP contribution in [0.25, 0.3) is 11.0 Å². The largest absolute Gasteiger partial charge is 0.341 e. The molecule has 3 heterocycles. The van der Waals surface area contributed by atoms with Crippen LogP contribution < -0.4 is 0 Å².